The number of H-pyrrole nitrogens is 1. The number of nitrogens with zero attached hydrogens (tertiary/aromatic N) is 3. The molecule has 0 radical (unpaired) electrons. The molecule has 0 bridgehead atoms. The van der Waals surface area contributed by atoms with Crippen LogP contribution >= 0.6 is 0 Å². The van der Waals surface area contributed by atoms with Crippen molar-refractivity contribution in [2.24, 2.45) is 0 Å². The van der Waals surface area contributed by atoms with E-state index in [0.717, 1.165) is 22.2 Å². The Morgan fingerprint density at radius 1 is 0.923 bits per heavy atom. The highest BCUT2D eigenvalue weighted by atomic mass is 14.9. The summed E-state index contributed by atoms with van der Waals surface area (Å²) in [7, 11) is 0. The van der Waals surface area contributed by atoms with Crippen LogP contribution in [0, 0.1) is 0 Å². The second kappa shape index (κ2) is 2.26. The zero-order valence-electron chi connectivity index (χ0n) is 6.73. The van der Waals surface area contributed by atoms with E-state index in [1.165, 1.54) is 0 Å². The highest BCUT2D eigenvalue weighted by Crippen LogP contribution is 2.18. The Morgan fingerprint density at radius 3 is 2.77 bits per heavy atom. The molecule has 0 unspecified atom stereocenters. The summed E-state index contributed by atoms with van der Waals surface area (Å²) in [4.78, 5) is 15.8. The summed E-state index contributed by atoms with van der Waals surface area (Å²) in [6.07, 6.45) is 5.09. The Bertz CT molecular complexity index is 519. The Kier molecular flexibility index (Phi) is 1.14. The van der Waals surface area contributed by atoms with Gasteiger partial charge in [0.05, 0.1) is 5.52 Å². The standard InChI is InChI=1S/C9H6N4/c1-2-6-7(10-3-1)8-9(13-6)12-5-4-11-8/h1-5H,(H,12,13). The largest absolute Gasteiger partial charge is 0.337 e. The molecule has 0 saturated carbocycles. The van der Waals surface area contributed by atoms with Gasteiger partial charge in [-0.25, -0.2) is 9.97 Å². The summed E-state index contributed by atoms with van der Waals surface area (Å²) in [5, 5.41) is 0. The minimum absolute atomic E-state index is 0.788. The molecular formula is C9H6N4. The van der Waals surface area contributed by atoms with Gasteiger partial charge in [0.15, 0.2) is 5.65 Å². The van der Waals surface area contributed by atoms with Crippen LogP contribution in [0.2, 0.25) is 0 Å². The number of nitrogens with one attached hydrogen (secondary N) is 1. The predicted molar refractivity (Wildman–Crippen MR) is 49.2 cm³/mol. The molecule has 1 N–H and O–H groups in total. The fourth-order valence-corrected chi connectivity index (χ4v) is 1.43. The summed E-state index contributed by atoms with van der Waals surface area (Å²) in [6, 6.07) is 3.85. The van der Waals surface area contributed by atoms with E-state index in [1.54, 1.807) is 18.6 Å². The molecule has 62 valence electrons. The second-order valence-corrected chi connectivity index (χ2v) is 2.78. The molecule has 0 amide bonds. The Labute approximate surface area is 73.7 Å². The number of aromatic nitrogens is 4. The summed E-state index contributed by atoms with van der Waals surface area (Å²) >= 11 is 0. The summed E-state index contributed by atoms with van der Waals surface area (Å²) in [5.41, 5.74) is 3.48. The normalized spacial score (nSPS) is 11.1. The van der Waals surface area contributed by atoms with Crippen molar-refractivity contribution in [2.45, 2.75) is 0 Å². The molecule has 0 spiro atoms. The number of hydrogen-bond donors (Lipinski definition) is 1. The minimum atomic E-state index is 0.788. The van der Waals surface area contributed by atoms with Crippen molar-refractivity contribution in [2.75, 3.05) is 0 Å². The molecule has 0 saturated heterocycles. The van der Waals surface area contributed by atoms with E-state index >= 15 is 0 Å². The average Bonchev–Trinajstić information content (AvgIpc) is 2.56. The molecule has 13 heavy (non-hydrogen) atoms. The van der Waals surface area contributed by atoms with Crippen LogP contribution in [0.5, 0.6) is 0 Å². The molecule has 3 aromatic rings. The van der Waals surface area contributed by atoms with Crippen molar-refractivity contribution in [1.82, 2.24) is 19.9 Å². The van der Waals surface area contributed by atoms with E-state index in [9.17, 15) is 0 Å². The van der Waals surface area contributed by atoms with Gasteiger partial charge in [0.25, 0.3) is 0 Å². The third kappa shape index (κ3) is 0.823. The van der Waals surface area contributed by atoms with E-state index in [1.807, 2.05) is 12.1 Å². The van der Waals surface area contributed by atoms with Gasteiger partial charge in [0.2, 0.25) is 0 Å². The van der Waals surface area contributed by atoms with Crippen LogP contribution in [0.3, 0.4) is 0 Å². The molecule has 0 aliphatic heterocycles. The van der Waals surface area contributed by atoms with Crippen molar-refractivity contribution >= 4 is 22.2 Å². The molecule has 0 fully saturated rings. The van der Waals surface area contributed by atoms with Crippen LogP contribution in [0.15, 0.2) is 30.7 Å². The smallest absolute Gasteiger partial charge is 0.158 e. The first-order valence-corrected chi connectivity index (χ1v) is 3.98. The van der Waals surface area contributed by atoms with E-state index in [2.05, 4.69) is 19.9 Å². The lowest BCUT2D eigenvalue weighted by atomic mass is 10.4. The molecule has 4 nitrogen and oxygen atoms in total. The molecule has 3 rings (SSSR count). The van der Waals surface area contributed by atoms with Crippen LogP contribution in [0.4, 0.5) is 0 Å². The molecular weight excluding hydrogens is 164 g/mol. The van der Waals surface area contributed by atoms with Gasteiger partial charge in [0.1, 0.15) is 11.0 Å². The van der Waals surface area contributed by atoms with Crippen molar-refractivity contribution < 1.29 is 0 Å². The van der Waals surface area contributed by atoms with E-state index in [0.29, 0.717) is 0 Å². The molecule has 0 aromatic carbocycles. The van der Waals surface area contributed by atoms with E-state index in [-0.39, 0.29) is 0 Å². The van der Waals surface area contributed by atoms with Gasteiger partial charge in [0, 0.05) is 18.6 Å². The topological polar surface area (TPSA) is 54.5 Å². The summed E-state index contributed by atoms with van der Waals surface area (Å²) in [6.45, 7) is 0. The second-order valence-electron chi connectivity index (χ2n) is 2.78. The monoisotopic (exact) mass is 170 g/mol. The zero-order valence-corrected chi connectivity index (χ0v) is 6.73. The van der Waals surface area contributed by atoms with Crippen molar-refractivity contribution in [3.8, 4) is 0 Å². The van der Waals surface area contributed by atoms with Crippen LogP contribution in [-0.2, 0) is 0 Å². The van der Waals surface area contributed by atoms with Crippen LogP contribution in [-0.4, -0.2) is 19.9 Å². The first-order chi connectivity index (χ1) is 6.45. The van der Waals surface area contributed by atoms with E-state index in [4.69, 9.17) is 0 Å². The third-order valence-corrected chi connectivity index (χ3v) is 1.98. The number of fused-ring (bicyclic) bond motifs is 3. The molecule has 0 atom stereocenters. The Morgan fingerprint density at radius 2 is 1.77 bits per heavy atom. The highest BCUT2D eigenvalue weighted by molar-refractivity contribution is 6.00. The first-order valence-electron chi connectivity index (χ1n) is 3.98. The molecule has 4 heteroatoms. The number of aromatic amines is 1. The highest BCUT2D eigenvalue weighted by Gasteiger charge is 2.04. The summed E-state index contributed by atoms with van der Waals surface area (Å²) in [5.74, 6) is 0. The van der Waals surface area contributed by atoms with Gasteiger partial charge in [-0.3, -0.25) is 4.98 Å². The molecule has 3 heterocycles. The SMILES string of the molecule is c1cnc2c(c1)[nH]c1nccnc12. The maximum absolute atomic E-state index is 4.24. The molecule has 0 aliphatic carbocycles. The Balaban J connectivity index is 2.64. The van der Waals surface area contributed by atoms with Crippen LogP contribution < -0.4 is 0 Å². The number of rotatable bonds is 0. The lowest BCUT2D eigenvalue weighted by Gasteiger charge is -1.85. The van der Waals surface area contributed by atoms with Gasteiger partial charge in [-0.1, -0.05) is 0 Å². The maximum atomic E-state index is 4.24. The van der Waals surface area contributed by atoms with Gasteiger partial charge >= 0.3 is 0 Å². The molecule has 0 aliphatic rings. The summed E-state index contributed by atoms with van der Waals surface area (Å²) < 4.78 is 0. The zero-order chi connectivity index (χ0) is 8.67. The minimum Gasteiger partial charge on any atom is -0.337 e. The quantitative estimate of drug-likeness (QED) is 0.556. The number of pyridine rings is 1. The van der Waals surface area contributed by atoms with Gasteiger partial charge in [-0.2, -0.15) is 0 Å². The molecule has 3 aromatic heterocycles. The first kappa shape index (κ1) is 6.54. The van der Waals surface area contributed by atoms with Gasteiger partial charge < -0.3 is 4.98 Å². The van der Waals surface area contributed by atoms with Crippen molar-refractivity contribution in [3.05, 3.63) is 30.7 Å². The van der Waals surface area contributed by atoms with Gasteiger partial charge in [-0.15, -0.1) is 0 Å². The van der Waals surface area contributed by atoms with Gasteiger partial charge in [-0.05, 0) is 12.1 Å². The van der Waals surface area contributed by atoms with Crippen LogP contribution in [0.25, 0.3) is 22.2 Å². The van der Waals surface area contributed by atoms with Crippen molar-refractivity contribution in [3.63, 3.8) is 0 Å². The lowest BCUT2D eigenvalue weighted by molar-refractivity contribution is 1.27. The lowest BCUT2D eigenvalue weighted by Crippen LogP contribution is -1.77. The number of hydrogen-bond acceptors (Lipinski definition) is 3. The fraction of sp³-hybridized carbons (Fsp3) is 0. The van der Waals surface area contributed by atoms with E-state index < -0.39 is 0 Å². The Hall–Kier alpha value is -1.97. The predicted octanol–water partition coefficient (Wildman–Crippen LogP) is 1.51. The average molecular weight is 170 g/mol. The fourth-order valence-electron chi connectivity index (χ4n) is 1.43. The third-order valence-electron chi connectivity index (χ3n) is 1.98. The van der Waals surface area contributed by atoms with Crippen LogP contribution in [0.1, 0.15) is 0 Å². The van der Waals surface area contributed by atoms with Crippen molar-refractivity contribution in [1.29, 1.82) is 0 Å². The maximum Gasteiger partial charge on any atom is 0.158 e.